The minimum Gasteiger partial charge on any atom is -0.652 e. The molecule has 0 atom stereocenters. The summed E-state index contributed by atoms with van der Waals surface area (Å²) in [6, 6.07) is 0. The number of unbranched alkanes of at least 4 members (excludes halogenated alkanes) is 14. The van der Waals surface area contributed by atoms with Crippen molar-refractivity contribution in [3.05, 3.63) is 0 Å². The van der Waals surface area contributed by atoms with E-state index in [1.807, 2.05) is 0 Å². The topological polar surface area (TPSA) is 161 Å². The Labute approximate surface area is 205 Å². The molecule has 0 aliphatic carbocycles. The van der Waals surface area contributed by atoms with Gasteiger partial charge in [0.05, 0.1) is 0 Å². The SMILES string of the molecule is CCCCCCCCCCCCCCCCCC(=O)O.O=C([O-])[O-].OB(O)O.[Ca+2]. The molecule has 0 rings (SSSR count). The van der Waals surface area contributed by atoms with Crippen LogP contribution < -0.4 is 10.2 Å². The van der Waals surface area contributed by atoms with Crippen LogP contribution >= 0.6 is 0 Å². The summed E-state index contributed by atoms with van der Waals surface area (Å²) in [6.45, 7) is 2.27. The Bertz CT molecular complexity index is 327. The number of hydrogen-bond donors (Lipinski definition) is 4. The number of carboxylic acid groups (broad SMARTS) is 3. The maximum atomic E-state index is 10.3. The van der Waals surface area contributed by atoms with Crippen molar-refractivity contribution in [3.63, 3.8) is 0 Å². The van der Waals surface area contributed by atoms with Crippen LogP contribution in [0.3, 0.4) is 0 Å². The third-order valence-corrected chi connectivity index (χ3v) is 3.99. The molecule has 0 saturated carbocycles. The van der Waals surface area contributed by atoms with Crippen LogP contribution in [0.2, 0.25) is 0 Å². The van der Waals surface area contributed by atoms with Crippen molar-refractivity contribution in [2.24, 2.45) is 0 Å². The van der Waals surface area contributed by atoms with Crippen molar-refractivity contribution in [1.82, 2.24) is 0 Å². The Kier molecular flexibility index (Phi) is 40.8. The van der Waals surface area contributed by atoms with E-state index in [9.17, 15) is 4.79 Å². The van der Waals surface area contributed by atoms with Crippen molar-refractivity contribution in [1.29, 1.82) is 0 Å². The monoisotopic (exact) mass is 446 g/mol. The van der Waals surface area contributed by atoms with Crippen LogP contribution in [0.5, 0.6) is 0 Å². The van der Waals surface area contributed by atoms with E-state index in [0.717, 1.165) is 12.8 Å². The second-order valence-electron chi connectivity index (χ2n) is 6.69. The van der Waals surface area contributed by atoms with Gasteiger partial charge in [0.1, 0.15) is 0 Å². The molecule has 0 aliphatic rings. The first-order valence-corrected chi connectivity index (χ1v) is 10.4. The molecule has 0 fully saturated rings. The van der Waals surface area contributed by atoms with E-state index in [4.69, 9.17) is 35.2 Å². The quantitative estimate of drug-likeness (QED) is 0.205. The van der Waals surface area contributed by atoms with Gasteiger partial charge in [0, 0.05) is 6.42 Å². The largest absolute Gasteiger partial charge is 2.00 e. The minimum atomic E-state index is -2.33. The number of aliphatic carboxylic acids is 1. The second kappa shape index (κ2) is 32.6. The van der Waals surface area contributed by atoms with Gasteiger partial charge in [-0.2, -0.15) is 0 Å². The van der Waals surface area contributed by atoms with Crippen LogP contribution in [-0.4, -0.2) is 77.4 Å². The molecule has 10 heteroatoms. The molecule has 0 heterocycles. The van der Waals surface area contributed by atoms with E-state index in [2.05, 4.69) is 6.92 Å². The summed E-state index contributed by atoms with van der Waals surface area (Å²) in [5.74, 6) is -0.653. The fraction of sp³-hybridized carbons (Fsp3) is 0.895. The number of hydrogen-bond acceptors (Lipinski definition) is 7. The number of rotatable bonds is 16. The summed E-state index contributed by atoms with van der Waals surface area (Å²) in [5.41, 5.74) is 0. The van der Waals surface area contributed by atoms with E-state index >= 15 is 0 Å². The third-order valence-electron chi connectivity index (χ3n) is 3.99. The average molecular weight is 446 g/mol. The Morgan fingerprint density at radius 1 is 0.655 bits per heavy atom. The fourth-order valence-electron chi connectivity index (χ4n) is 2.65. The number of carbonyl (C=O) groups is 2. The van der Waals surface area contributed by atoms with Gasteiger partial charge in [0.2, 0.25) is 0 Å². The normalized spacial score (nSPS) is 9.24. The first kappa shape index (κ1) is 36.3. The van der Waals surface area contributed by atoms with E-state index in [1.165, 1.54) is 83.5 Å². The van der Waals surface area contributed by atoms with Crippen molar-refractivity contribution in [2.45, 2.75) is 110 Å². The molecule has 0 bridgehead atoms. The van der Waals surface area contributed by atoms with Gasteiger partial charge in [-0.15, -0.1) is 0 Å². The molecular formula is C19H39BCaO8. The second-order valence-corrected chi connectivity index (χ2v) is 6.69. The molecule has 0 aromatic heterocycles. The minimum absolute atomic E-state index is 0. The van der Waals surface area contributed by atoms with Gasteiger partial charge in [0.25, 0.3) is 0 Å². The van der Waals surface area contributed by atoms with Crippen LogP contribution in [0.4, 0.5) is 4.79 Å². The summed E-state index contributed by atoms with van der Waals surface area (Å²) in [5, 5.41) is 46.7. The van der Waals surface area contributed by atoms with Gasteiger partial charge < -0.3 is 35.2 Å². The van der Waals surface area contributed by atoms with Crippen LogP contribution in [-0.2, 0) is 4.79 Å². The zero-order chi connectivity index (χ0) is 22.0. The Morgan fingerprint density at radius 2 is 0.862 bits per heavy atom. The standard InChI is InChI=1S/C18H36O2.CH2O3.BH3O3.Ca/c1-2-3-4-5-6-7-8-9-10-11-12-13-14-15-16-17-18(19)20;2*2-1(3)4;/h2-17H2,1H3,(H,19,20);(H2,2,3,4);2-4H;/q;;;+2/p-2. The van der Waals surface area contributed by atoms with E-state index < -0.39 is 19.4 Å². The predicted octanol–water partition coefficient (Wildman–Crippen LogP) is 1.45. The maximum Gasteiger partial charge on any atom is 2.00 e. The van der Waals surface area contributed by atoms with Gasteiger partial charge in [-0.05, 0) is 12.6 Å². The molecule has 0 aromatic rings. The van der Waals surface area contributed by atoms with Crippen LogP contribution in [0, 0.1) is 0 Å². The first-order chi connectivity index (χ1) is 13.2. The Balaban J connectivity index is -0.000000294. The Morgan fingerprint density at radius 3 is 1.07 bits per heavy atom. The molecule has 0 aromatic carbocycles. The molecular weight excluding hydrogens is 407 g/mol. The van der Waals surface area contributed by atoms with Crippen molar-refractivity contribution in [2.75, 3.05) is 0 Å². The first-order valence-electron chi connectivity index (χ1n) is 10.4. The van der Waals surface area contributed by atoms with Crippen LogP contribution in [0.25, 0.3) is 0 Å². The average Bonchev–Trinajstić information content (AvgIpc) is 2.57. The molecule has 4 N–H and O–H groups in total. The van der Waals surface area contributed by atoms with Crippen molar-refractivity contribution >= 4 is 57.2 Å². The predicted molar refractivity (Wildman–Crippen MR) is 111 cm³/mol. The summed E-state index contributed by atoms with van der Waals surface area (Å²) >= 11 is 0. The van der Waals surface area contributed by atoms with Crippen molar-refractivity contribution < 1.29 is 40.0 Å². The van der Waals surface area contributed by atoms with E-state index in [0.29, 0.717) is 6.42 Å². The van der Waals surface area contributed by atoms with Crippen LogP contribution in [0.15, 0.2) is 0 Å². The fourth-order valence-corrected chi connectivity index (χ4v) is 2.65. The summed E-state index contributed by atoms with van der Waals surface area (Å²) in [7, 11) is -2.17. The van der Waals surface area contributed by atoms with Gasteiger partial charge in [-0.25, -0.2) is 0 Å². The molecule has 0 spiro atoms. The molecule has 0 saturated heterocycles. The molecule has 0 aliphatic heterocycles. The molecule has 0 radical (unpaired) electrons. The molecule has 0 amide bonds. The summed E-state index contributed by atoms with van der Waals surface area (Å²) < 4.78 is 0. The molecule has 8 nitrogen and oxygen atoms in total. The number of carboxylic acids is 1. The summed E-state index contributed by atoms with van der Waals surface area (Å²) in [6.07, 6.45) is 17.9. The zero-order valence-corrected chi connectivity index (χ0v) is 20.2. The van der Waals surface area contributed by atoms with Gasteiger partial charge in [-0.3, -0.25) is 4.79 Å². The van der Waals surface area contributed by atoms with Gasteiger partial charge in [-0.1, -0.05) is 96.8 Å². The Hall–Kier alpha value is -0.0553. The number of carbonyl (C=O) groups excluding carboxylic acids is 1. The maximum absolute atomic E-state index is 10.3. The van der Waals surface area contributed by atoms with Crippen molar-refractivity contribution in [3.8, 4) is 0 Å². The van der Waals surface area contributed by atoms with Crippen LogP contribution in [0.1, 0.15) is 110 Å². The van der Waals surface area contributed by atoms with Gasteiger partial charge in [0.15, 0.2) is 0 Å². The third kappa shape index (κ3) is 65.5. The zero-order valence-electron chi connectivity index (χ0n) is 18.0. The van der Waals surface area contributed by atoms with E-state index in [1.54, 1.807) is 0 Å². The summed E-state index contributed by atoms with van der Waals surface area (Å²) in [4.78, 5) is 18.7. The molecule has 29 heavy (non-hydrogen) atoms. The van der Waals surface area contributed by atoms with Gasteiger partial charge >= 0.3 is 51.0 Å². The molecule has 0 unspecified atom stereocenters. The smallest absolute Gasteiger partial charge is 0.652 e. The molecule has 168 valence electrons. The van der Waals surface area contributed by atoms with E-state index in [-0.39, 0.29) is 37.7 Å².